The van der Waals surface area contributed by atoms with E-state index in [-0.39, 0.29) is 5.91 Å². The zero-order chi connectivity index (χ0) is 15.7. The molecule has 2 heterocycles. The summed E-state index contributed by atoms with van der Waals surface area (Å²) < 4.78 is 1.97. The van der Waals surface area contributed by atoms with E-state index in [1.807, 2.05) is 11.6 Å². The third-order valence-electron chi connectivity index (χ3n) is 4.99. The molecule has 1 aromatic heterocycles. The second-order valence-electron chi connectivity index (χ2n) is 6.37. The van der Waals surface area contributed by atoms with Gasteiger partial charge in [0.1, 0.15) is 6.04 Å². The van der Waals surface area contributed by atoms with E-state index in [0.717, 1.165) is 25.0 Å². The maximum Gasteiger partial charge on any atom is 0.326 e. The molecule has 120 valence electrons. The summed E-state index contributed by atoms with van der Waals surface area (Å²) in [6.45, 7) is 2.44. The minimum Gasteiger partial charge on any atom is -0.480 e. The molecule has 1 saturated heterocycles. The fraction of sp³-hybridized carbons (Fsp3) is 0.688. The Labute approximate surface area is 130 Å². The summed E-state index contributed by atoms with van der Waals surface area (Å²) in [4.78, 5) is 25.4. The van der Waals surface area contributed by atoms with Crippen LogP contribution in [0.1, 0.15) is 67.0 Å². The van der Waals surface area contributed by atoms with Crippen LogP contribution in [0.2, 0.25) is 0 Å². The predicted molar refractivity (Wildman–Crippen MR) is 80.8 cm³/mol. The monoisotopic (exact) mass is 305 g/mol. The van der Waals surface area contributed by atoms with Gasteiger partial charge in [-0.05, 0) is 32.6 Å². The van der Waals surface area contributed by atoms with Gasteiger partial charge >= 0.3 is 5.97 Å². The smallest absolute Gasteiger partial charge is 0.326 e. The second-order valence-corrected chi connectivity index (χ2v) is 6.37. The number of hydrogen-bond donors (Lipinski definition) is 1. The minimum atomic E-state index is -0.914. The van der Waals surface area contributed by atoms with Gasteiger partial charge in [0.25, 0.3) is 5.91 Å². The first-order valence-corrected chi connectivity index (χ1v) is 8.17. The molecule has 2 aliphatic rings. The quantitative estimate of drug-likeness (QED) is 0.930. The Bertz CT molecular complexity index is 575. The molecule has 0 bridgehead atoms. The van der Waals surface area contributed by atoms with Crippen LogP contribution < -0.4 is 0 Å². The van der Waals surface area contributed by atoms with E-state index < -0.39 is 12.0 Å². The Balaban J connectivity index is 1.81. The molecule has 1 amide bonds. The van der Waals surface area contributed by atoms with Gasteiger partial charge in [-0.25, -0.2) is 4.79 Å². The first-order chi connectivity index (χ1) is 10.6. The van der Waals surface area contributed by atoms with E-state index in [4.69, 9.17) is 0 Å². The van der Waals surface area contributed by atoms with Gasteiger partial charge in [-0.1, -0.05) is 19.3 Å². The molecule has 2 fully saturated rings. The van der Waals surface area contributed by atoms with Gasteiger partial charge in [-0.2, -0.15) is 5.10 Å². The van der Waals surface area contributed by atoms with Gasteiger partial charge in [-0.3, -0.25) is 9.48 Å². The summed E-state index contributed by atoms with van der Waals surface area (Å²) in [7, 11) is 0. The van der Waals surface area contributed by atoms with Crippen molar-refractivity contribution in [3.63, 3.8) is 0 Å². The Morgan fingerprint density at radius 3 is 2.59 bits per heavy atom. The van der Waals surface area contributed by atoms with Crippen LogP contribution in [0, 0.1) is 6.92 Å². The third-order valence-corrected chi connectivity index (χ3v) is 4.99. The fourth-order valence-electron chi connectivity index (χ4n) is 3.75. The van der Waals surface area contributed by atoms with Crippen LogP contribution in [0.5, 0.6) is 0 Å². The second kappa shape index (κ2) is 6.10. The number of nitrogens with zero attached hydrogens (tertiary/aromatic N) is 3. The number of aliphatic carboxylic acids is 1. The molecular formula is C16H23N3O3. The highest BCUT2D eigenvalue weighted by Gasteiger charge is 2.35. The molecule has 0 radical (unpaired) electrons. The molecule has 1 aliphatic carbocycles. The molecule has 6 nitrogen and oxygen atoms in total. The van der Waals surface area contributed by atoms with E-state index in [1.165, 1.54) is 24.2 Å². The average Bonchev–Trinajstić information content (AvgIpc) is 3.14. The van der Waals surface area contributed by atoms with Crippen molar-refractivity contribution in [1.82, 2.24) is 14.7 Å². The topological polar surface area (TPSA) is 75.4 Å². The molecule has 1 aromatic rings. The van der Waals surface area contributed by atoms with Crippen molar-refractivity contribution in [3.05, 3.63) is 17.5 Å². The molecule has 1 atom stereocenters. The van der Waals surface area contributed by atoms with Crippen molar-refractivity contribution in [2.45, 2.75) is 64.0 Å². The van der Waals surface area contributed by atoms with Crippen LogP contribution >= 0.6 is 0 Å². The SMILES string of the molecule is Cc1c(C(=O)N2CCC[C@@H]2C(=O)O)cnn1C1CCCCC1. The first-order valence-electron chi connectivity index (χ1n) is 8.17. The highest BCUT2D eigenvalue weighted by molar-refractivity contribution is 5.97. The van der Waals surface area contributed by atoms with Crippen molar-refractivity contribution >= 4 is 11.9 Å². The molecule has 0 spiro atoms. The van der Waals surface area contributed by atoms with Gasteiger partial charge in [0.2, 0.25) is 0 Å². The Kier molecular flexibility index (Phi) is 4.18. The number of carbonyl (C=O) groups excluding carboxylic acids is 1. The van der Waals surface area contributed by atoms with Crippen LogP contribution in [0.3, 0.4) is 0 Å². The molecule has 1 aliphatic heterocycles. The first kappa shape index (κ1) is 15.1. The highest BCUT2D eigenvalue weighted by atomic mass is 16.4. The lowest BCUT2D eigenvalue weighted by Crippen LogP contribution is -2.40. The van der Waals surface area contributed by atoms with E-state index in [2.05, 4.69) is 5.10 Å². The number of hydrogen-bond acceptors (Lipinski definition) is 3. The lowest BCUT2D eigenvalue weighted by molar-refractivity contribution is -0.141. The van der Waals surface area contributed by atoms with E-state index >= 15 is 0 Å². The number of carboxylic acids is 1. The van der Waals surface area contributed by atoms with Gasteiger partial charge < -0.3 is 10.0 Å². The standard InChI is InChI=1S/C16H23N3O3/c1-11-13(10-17-19(11)12-6-3-2-4-7-12)15(20)18-9-5-8-14(18)16(21)22/h10,12,14H,2-9H2,1H3,(H,21,22)/t14-/m1/s1. The maximum absolute atomic E-state index is 12.7. The fourth-order valence-corrected chi connectivity index (χ4v) is 3.75. The number of amides is 1. The zero-order valence-electron chi connectivity index (χ0n) is 13.0. The minimum absolute atomic E-state index is 0.190. The number of likely N-dealkylation sites (tertiary alicyclic amines) is 1. The average molecular weight is 305 g/mol. The Morgan fingerprint density at radius 1 is 1.18 bits per heavy atom. The number of rotatable bonds is 3. The van der Waals surface area contributed by atoms with Crippen LogP contribution in [0.25, 0.3) is 0 Å². The molecule has 0 aromatic carbocycles. The van der Waals surface area contributed by atoms with Crippen LogP contribution in [-0.4, -0.2) is 44.3 Å². The summed E-state index contributed by atoms with van der Waals surface area (Å²) in [5, 5.41) is 13.7. The van der Waals surface area contributed by atoms with Crippen molar-refractivity contribution in [2.75, 3.05) is 6.54 Å². The summed E-state index contributed by atoms with van der Waals surface area (Å²) in [6.07, 6.45) is 8.81. The Morgan fingerprint density at radius 2 is 1.91 bits per heavy atom. The molecule has 3 rings (SSSR count). The zero-order valence-corrected chi connectivity index (χ0v) is 13.0. The number of carbonyl (C=O) groups is 2. The predicted octanol–water partition coefficient (Wildman–Crippen LogP) is 2.39. The lowest BCUT2D eigenvalue weighted by atomic mass is 9.95. The molecule has 0 unspecified atom stereocenters. The Hall–Kier alpha value is -1.85. The molecular weight excluding hydrogens is 282 g/mol. The van der Waals surface area contributed by atoms with E-state index in [0.29, 0.717) is 24.6 Å². The van der Waals surface area contributed by atoms with Crippen molar-refractivity contribution in [3.8, 4) is 0 Å². The molecule has 22 heavy (non-hydrogen) atoms. The normalized spacial score (nSPS) is 23.0. The highest BCUT2D eigenvalue weighted by Crippen LogP contribution is 2.30. The lowest BCUT2D eigenvalue weighted by Gasteiger charge is -2.24. The molecule has 1 saturated carbocycles. The molecule has 1 N–H and O–H groups in total. The van der Waals surface area contributed by atoms with Gasteiger partial charge in [0, 0.05) is 12.2 Å². The molecule has 6 heteroatoms. The van der Waals surface area contributed by atoms with Crippen molar-refractivity contribution < 1.29 is 14.7 Å². The van der Waals surface area contributed by atoms with Gasteiger partial charge in [0.05, 0.1) is 17.8 Å². The number of aromatic nitrogens is 2. The van der Waals surface area contributed by atoms with Crippen LogP contribution in [0.4, 0.5) is 0 Å². The summed E-state index contributed by atoms with van der Waals surface area (Å²) in [6, 6.07) is -0.311. The van der Waals surface area contributed by atoms with E-state index in [9.17, 15) is 14.7 Å². The summed E-state index contributed by atoms with van der Waals surface area (Å²) in [5.74, 6) is -1.10. The summed E-state index contributed by atoms with van der Waals surface area (Å²) in [5.41, 5.74) is 1.42. The van der Waals surface area contributed by atoms with E-state index in [1.54, 1.807) is 6.20 Å². The maximum atomic E-state index is 12.7. The largest absolute Gasteiger partial charge is 0.480 e. The summed E-state index contributed by atoms with van der Waals surface area (Å²) >= 11 is 0. The van der Waals surface area contributed by atoms with Crippen LogP contribution in [0.15, 0.2) is 6.20 Å². The van der Waals surface area contributed by atoms with Gasteiger partial charge in [0.15, 0.2) is 0 Å². The van der Waals surface area contributed by atoms with Crippen LogP contribution in [-0.2, 0) is 4.79 Å². The van der Waals surface area contributed by atoms with Crippen molar-refractivity contribution in [1.29, 1.82) is 0 Å². The number of carboxylic acid groups (broad SMARTS) is 1. The van der Waals surface area contributed by atoms with Crippen molar-refractivity contribution in [2.24, 2.45) is 0 Å². The van der Waals surface area contributed by atoms with Gasteiger partial charge in [-0.15, -0.1) is 0 Å². The third kappa shape index (κ3) is 2.62.